The molecule has 0 aliphatic carbocycles. The van der Waals surface area contributed by atoms with Crippen molar-refractivity contribution in [2.24, 2.45) is 0 Å². The third kappa shape index (κ3) is 2.39. The van der Waals surface area contributed by atoms with Crippen LogP contribution >= 0.6 is 11.6 Å². The van der Waals surface area contributed by atoms with Crippen LogP contribution in [-0.2, 0) is 0 Å². The summed E-state index contributed by atoms with van der Waals surface area (Å²) in [6, 6.07) is 13.9. The molecule has 1 nitrogen and oxygen atoms in total. The second-order valence-corrected chi connectivity index (χ2v) is 5.13. The number of aliphatic hydroxyl groups is 1. The topological polar surface area (TPSA) is 20.2 Å². The molecule has 106 valence electrons. The average molecular weight is 305 g/mol. The second kappa shape index (κ2) is 5.43. The van der Waals surface area contributed by atoms with Gasteiger partial charge in [-0.15, -0.1) is 0 Å². The molecule has 3 aromatic rings. The molecule has 0 saturated carbocycles. The summed E-state index contributed by atoms with van der Waals surface area (Å²) in [5, 5.41) is 12.3. The van der Waals surface area contributed by atoms with Gasteiger partial charge in [-0.25, -0.2) is 8.78 Å². The maximum atomic E-state index is 13.8. The molecule has 3 aromatic carbocycles. The average Bonchev–Trinajstić information content (AvgIpc) is 2.47. The Labute approximate surface area is 125 Å². The maximum Gasteiger partial charge on any atom is 0.132 e. The van der Waals surface area contributed by atoms with Crippen LogP contribution in [0.5, 0.6) is 0 Å². The van der Waals surface area contributed by atoms with Gasteiger partial charge in [0.15, 0.2) is 0 Å². The Morgan fingerprint density at radius 3 is 2.10 bits per heavy atom. The molecule has 0 aromatic heterocycles. The zero-order valence-corrected chi connectivity index (χ0v) is 11.6. The van der Waals surface area contributed by atoms with Gasteiger partial charge in [-0.2, -0.15) is 0 Å². The van der Waals surface area contributed by atoms with Crippen LogP contribution in [0.2, 0.25) is 5.02 Å². The second-order valence-electron chi connectivity index (χ2n) is 4.72. The number of halogens is 3. The van der Waals surface area contributed by atoms with Gasteiger partial charge in [0, 0.05) is 10.4 Å². The van der Waals surface area contributed by atoms with Gasteiger partial charge in [0.05, 0.1) is 5.56 Å². The van der Waals surface area contributed by atoms with Crippen molar-refractivity contribution in [1.29, 1.82) is 0 Å². The van der Waals surface area contributed by atoms with E-state index in [1.807, 2.05) is 6.07 Å². The van der Waals surface area contributed by atoms with Crippen LogP contribution in [0.1, 0.15) is 17.2 Å². The van der Waals surface area contributed by atoms with E-state index in [4.69, 9.17) is 11.6 Å². The van der Waals surface area contributed by atoms with Gasteiger partial charge in [-0.1, -0.05) is 48.0 Å². The summed E-state index contributed by atoms with van der Waals surface area (Å²) in [5.74, 6) is -1.55. The van der Waals surface area contributed by atoms with E-state index in [9.17, 15) is 13.9 Å². The van der Waals surface area contributed by atoms with Gasteiger partial charge in [0.2, 0.25) is 0 Å². The molecule has 3 rings (SSSR count). The standard InChI is InChI=1S/C17H11ClF2O/c18-13-9-8-12(10-4-1-2-5-11(10)13)17(21)16-14(19)6-3-7-15(16)20/h1-9,17,21H. The molecule has 0 bridgehead atoms. The van der Waals surface area contributed by atoms with Gasteiger partial charge >= 0.3 is 0 Å². The predicted octanol–water partition coefficient (Wildman–Crippen LogP) is 4.85. The highest BCUT2D eigenvalue weighted by Gasteiger charge is 2.21. The third-order valence-corrected chi connectivity index (χ3v) is 3.80. The van der Waals surface area contributed by atoms with Crippen LogP contribution in [0.3, 0.4) is 0 Å². The van der Waals surface area contributed by atoms with Crippen LogP contribution in [0.4, 0.5) is 8.78 Å². The minimum Gasteiger partial charge on any atom is -0.383 e. The Morgan fingerprint density at radius 2 is 1.43 bits per heavy atom. The van der Waals surface area contributed by atoms with Crippen molar-refractivity contribution in [2.45, 2.75) is 6.10 Å². The monoisotopic (exact) mass is 304 g/mol. The first-order valence-electron chi connectivity index (χ1n) is 6.38. The number of hydrogen-bond donors (Lipinski definition) is 1. The lowest BCUT2D eigenvalue weighted by atomic mass is 9.95. The third-order valence-electron chi connectivity index (χ3n) is 3.47. The van der Waals surface area contributed by atoms with Gasteiger partial charge in [0.25, 0.3) is 0 Å². The summed E-state index contributed by atoms with van der Waals surface area (Å²) in [6.07, 6.45) is -1.40. The summed E-state index contributed by atoms with van der Waals surface area (Å²) >= 11 is 6.11. The molecule has 0 amide bonds. The van der Waals surface area contributed by atoms with Crippen LogP contribution in [0, 0.1) is 11.6 Å². The van der Waals surface area contributed by atoms with Crippen molar-refractivity contribution in [2.75, 3.05) is 0 Å². The largest absolute Gasteiger partial charge is 0.383 e. The van der Waals surface area contributed by atoms with Crippen molar-refractivity contribution >= 4 is 22.4 Å². The molecule has 1 N–H and O–H groups in total. The van der Waals surface area contributed by atoms with Crippen molar-refractivity contribution < 1.29 is 13.9 Å². The predicted molar refractivity (Wildman–Crippen MR) is 79.4 cm³/mol. The molecule has 0 heterocycles. The zero-order chi connectivity index (χ0) is 15.0. The van der Waals surface area contributed by atoms with E-state index in [1.54, 1.807) is 30.3 Å². The molecule has 21 heavy (non-hydrogen) atoms. The van der Waals surface area contributed by atoms with E-state index in [0.29, 0.717) is 16.0 Å². The highest BCUT2D eigenvalue weighted by Crippen LogP contribution is 2.34. The lowest BCUT2D eigenvalue weighted by Crippen LogP contribution is -2.06. The molecule has 0 spiro atoms. The summed E-state index contributed by atoms with van der Waals surface area (Å²) in [5.41, 5.74) is 0.0592. The summed E-state index contributed by atoms with van der Waals surface area (Å²) in [7, 11) is 0. The Kier molecular flexibility index (Phi) is 3.62. The van der Waals surface area contributed by atoms with E-state index in [1.165, 1.54) is 6.07 Å². The summed E-state index contributed by atoms with van der Waals surface area (Å²) in [6.45, 7) is 0. The van der Waals surface area contributed by atoms with Gasteiger partial charge in [-0.05, 0) is 29.1 Å². The lowest BCUT2D eigenvalue weighted by Gasteiger charge is -2.16. The van der Waals surface area contributed by atoms with Crippen LogP contribution < -0.4 is 0 Å². The van der Waals surface area contributed by atoms with Crippen molar-refractivity contribution in [3.8, 4) is 0 Å². The fourth-order valence-electron chi connectivity index (χ4n) is 2.45. The van der Waals surface area contributed by atoms with Crippen molar-refractivity contribution in [3.63, 3.8) is 0 Å². The number of benzene rings is 3. The minimum absolute atomic E-state index is 0.357. The summed E-state index contributed by atoms with van der Waals surface area (Å²) < 4.78 is 27.7. The normalized spacial score (nSPS) is 12.6. The fraction of sp³-hybridized carbons (Fsp3) is 0.0588. The Bertz CT molecular complexity index is 797. The first-order chi connectivity index (χ1) is 10.1. The molecule has 0 aliphatic heterocycles. The number of rotatable bonds is 2. The van der Waals surface area contributed by atoms with Gasteiger partial charge < -0.3 is 5.11 Å². The van der Waals surface area contributed by atoms with Gasteiger partial charge in [0.1, 0.15) is 17.7 Å². The fourth-order valence-corrected chi connectivity index (χ4v) is 2.68. The highest BCUT2D eigenvalue weighted by molar-refractivity contribution is 6.35. The molecular weight excluding hydrogens is 294 g/mol. The van der Waals surface area contributed by atoms with Crippen molar-refractivity contribution in [3.05, 3.63) is 82.4 Å². The molecule has 0 radical (unpaired) electrons. The lowest BCUT2D eigenvalue weighted by molar-refractivity contribution is 0.210. The van der Waals surface area contributed by atoms with Crippen molar-refractivity contribution in [1.82, 2.24) is 0 Å². The first-order valence-corrected chi connectivity index (χ1v) is 6.76. The van der Waals surface area contributed by atoms with E-state index < -0.39 is 17.7 Å². The number of fused-ring (bicyclic) bond motifs is 1. The molecule has 0 saturated heterocycles. The Balaban J connectivity index is 2.23. The van der Waals surface area contributed by atoms with Crippen LogP contribution in [0.15, 0.2) is 54.6 Å². The minimum atomic E-state index is -1.40. The first kappa shape index (κ1) is 14.0. The molecule has 0 fully saturated rings. The van der Waals surface area contributed by atoms with E-state index in [0.717, 1.165) is 17.5 Å². The van der Waals surface area contributed by atoms with E-state index in [-0.39, 0.29) is 5.56 Å². The SMILES string of the molecule is OC(c1c(F)cccc1F)c1ccc(Cl)c2ccccc12. The highest BCUT2D eigenvalue weighted by atomic mass is 35.5. The van der Waals surface area contributed by atoms with Crippen LogP contribution in [-0.4, -0.2) is 5.11 Å². The van der Waals surface area contributed by atoms with E-state index in [2.05, 4.69) is 0 Å². The molecule has 1 atom stereocenters. The Hall–Kier alpha value is -1.97. The molecule has 4 heteroatoms. The Morgan fingerprint density at radius 1 is 0.810 bits per heavy atom. The zero-order valence-electron chi connectivity index (χ0n) is 10.9. The number of hydrogen-bond acceptors (Lipinski definition) is 1. The maximum absolute atomic E-state index is 13.8. The number of aliphatic hydroxyl groups excluding tert-OH is 1. The smallest absolute Gasteiger partial charge is 0.132 e. The quantitative estimate of drug-likeness (QED) is 0.717. The molecule has 1 unspecified atom stereocenters. The molecular formula is C17H11ClF2O. The molecule has 0 aliphatic rings. The summed E-state index contributed by atoms with van der Waals surface area (Å²) in [4.78, 5) is 0. The van der Waals surface area contributed by atoms with Crippen LogP contribution in [0.25, 0.3) is 10.8 Å². The van der Waals surface area contributed by atoms with E-state index >= 15 is 0 Å². The van der Waals surface area contributed by atoms with Gasteiger partial charge in [-0.3, -0.25) is 0 Å².